The molecule has 0 saturated heterocycles. The van der Waals surface area contributed by atoms with E-state index in [0.29, 0.717) is 0 Å². The number of carbonyl (C=O) groups excluding carboxylic acids is 2. The molecule has 1 aliphatic rings. The number of carboxylic acids is 1. The van der Waals surface area contributed by atoms with Crippen LogP contribution in [0.4, 0.5) is 4.79 Å². The molecule has 33 heavy (non-hydrogen) atoms. The van der Waals surface area contributed by atoms with Crippen LogP contribution in [0.5, 0.6) is 0 Å². The Morgan fingerprint density at radius 2 is 1.58 bits per heavy atom. The number of carboxylic acid groups (broad SMARTS) is 1. The number of ether oxygens (including phenoxy) is 1. The smallest absolute Gasteiger partial charge is 0.407 e. The molecule has 3 N–H and O–H groups in total. The Hall–Kier alpha value is -3.39. The number of hydrogen-bond acceptors (Lipinski definition) is 5. The van der Waals surface area contributed by atoms with Gasteiger partial charge in [0.05, 0.1) is 5.41 Å². The molecule has 2 amide bonds. The first-order valence-electron chi connectivity index (χ1n) is 10.9. The molecular weight excluding hydrogens is 422 g/mol. The Labute approximate surface area is 193 Å². The number of benzene rings is 2. The minimum absolute atomic E-state index is 0.00378. The Bertz CT molecular complexity index is 989. The number of carbonyl (C=O) groups is 3. The van der Waals surface area contributed by atoms with Crippen molar-refractivity contribution >= 4 is 18.0 Å². The van der Waals surface area contributed by atoms with Gasteiger partial charge >= 0.3 is 12.1 Å². The number of amides is 2. The van der Waals surface area contributed by atoms with Crippen LogP contribution < -0.4 is 10.6 Å². The molecule has 3 rings (SSSR count). The minimum Gasteiger partial charge on any atom is -0.480 e. The molecule has 1 atom stereocenters. The highest BCUT2D eigenvalue weighted by Gasteiger charge is 2.33. The van der Waals surface area contributed by atoms with Crippen molar-refractivity contribution in [3.63, 3.8) is 0 Å². The first-order valence-corrected chi connectivity index (χ1v) is 10.9. The lowest BCUT2D eigenvalue weighted by atomic mass is 9.92. The number of likely N-dealkylation sites (N-methyl/N-ethyl adjacent to an activating group) is 1. The van der Waals surface area contributed by atoms with E-state index in [-0.39, 0.29) is 25.6 Å². The fraction of sp³-hybridized carbons (Fsp3) is 0.400. The van der Waals surface area contributed by atoms with Gasteiger partial charge in [-0.1, -0.05) is 48.5 Å². The van der Waals surface area contributed by atoms with E-state index >= 15 is 0 Å². The number of aliphatic carboxylic acids is 1. The van der Waals surface area contributed by atoms with E-state index in [4.69, 9.17) is 4.74 Å². The van der Waals surface area contributed by atoms with Gasteiger partial charge in [-0.2, -0.15) is 0 Å². The highest BCUT2D eigenvalue weighted by atomic mass is 16.5. The number of alkyl carbamates (subject to hydrolysis) is 1. The summed E-state index contributed by atoms with van der Waals surface area (Å²) in [6.07, 6.45) is -0.624. The Balaban J connectivity index is 1.56. The van der Waals surface area contributed by atoms with Gasteiger partial charge in [0.15, 0.2) is 0 Å². The van der Waals surface area contributed by atoms with Gasteiger partial charge in [-0.3, -0.25) is 4.79 Å². The average molecular weight is 454 g/mol. The molecule has 0 aliphatic heterocycles. The Kier molecular flexibility index (Phi) is 7.38. The predicted octanol–water partition coefficient (Wildman–Crippen LogP) is 2.68. The van der Waals surface area contributed by atoms with Crippen LogP contribution in [0.15, 0.2) is 48.5 Å². The maximum absolute atomic E-state index is 12.6. The first kappa shape index (κ1) is 24.3. The van der Waals surface area contributed by atoms with E-state index in [9.17, 15) is 19.5 Å². The van der Waals surface area contributed by atoms with E-state index in [2.05, 4.69) is 22.8 Å². The molecule has 1 aliphatic carbocycles. The van der Waals surface area contributed by atoms with Gasteiger partial charge in [-0.05, 0) is 50.2 Å². The summed E-state index contributed by atoms with van der Waals surface area (Å²) in [5.74, 6) is -1.63. The zero-order chi connectivity index (χ0) is 24.2. The molecule has 0 aromatic heterocycles. The van der Waals surface area contributed by atoms with Crippen LogP contribution in [0.25, 0.3) is 11.1 Å². The third-order valence-corrected chi connectivity index (χ3v) is 5.78. The van der Waals surface area contributed by atoms with Crippen molar-refractivity contribution in [3.05, 3.63) is 59.7 Å². The summed E-state index contributed by atoms with van der Waals surface area (Å²) in [6.45, 7) is 3.62. The molecule has 176 valence electrons. The van der Waals surface area contributed by atoms with Crippen molar-refractivity contribution in [1.29, 1.82) is 0 Å². The van der Waals surface area contributed by atoms with Crippen LogP contribution in [0.1, 0.15) is 30.9 Å². The maximum atomic E-state index is 12.6. The number of fused-ring (bicyclic) bond motifs is 3. The third kappa shape index (κ3) is 5.70. The summed E-state index contributed by atoms with van der Waals surface area (Å²) in [7, 11) is 3.46. The lowest BCUT2D eigenvalue weighted by Gasteiger charge is -2.27. The summed E-state index contributed by atoms with van der Waals surface area (Å²) >= 11 is 0. The molecule has 0 heterocycles. The number of rotatable bonds is 9. The van der Waals surface area contributed by atoms with E-state index in [0.717, 1.165) is 22.3 Å². The fourth-order valence-corrected chi connectivity index (χ4v) is 3.93. The lowest BCUT2D eigenvalue weighted by Crippen LogP contribution is -2.53. The fourth-order valence-electron chi connectivity index (χ4n) is 3.93. The minimum atomic E-state index is -1.11. The zero-order valence-corrected chi connectivity index (χ0v) is 19.4. The summed E-state index contributed by atoms with van der Waals surface area (Å²) in [6, 6.07) is 15.1. The lowest BCUT2D eigenvalue weighted by molar-refractivity contribution is -0.143. The normalized spacial score (nSPS) is 13.7. The Morgan fingerprint density at radius 1 is 1.03 bits per heavy atom. The largest absolute Gasteiger partial charge is 0.480 e. The van der Waals surface area contributed by atoms with E-state index in [1.54, 1.807) is 32.8 Å². The second-order valence-corrected chi connectivity index (χ2v) is 9.19. The zero-order valence-electron chi connectivity index (χ0n) is 19.4. The van der Waals surface area contributed by atoms with Crippen LogP contribution >= 0.6 is 0 Å². The summed E-state index contributed by atoms with van der Waals surface area (Å²) < 4.78 is 5.50. The molecule has 0 bridgehead atoms. The van der Waals surface area contributed by atoms with Gasteiger partial charge in [-0.25, -0.2) is 9.59 Å². The van der Waals surface area contributed by atoms with Crippen molar-refractivity contribution in [1.82, 2.24) is 15.5 Å². The van der Waals surface area contributed by atoms with E-state index in [1.807, 2.05) is 36.4 Å². The summed E-state index contributed by atoms with van der Waals surface area (Å²) in [4.78, 5) is 38.1. The summed E-state index contributed by atoms with van der Waals surface area (Å²) in [5, 5.41) is 14.5. The van der Waals surface area contributed by atoms with Gasteiger partial charge < -0.3 is 25.4 Å². The second-order valence-electron chi connectivity index (χ2n) is 9.19. The van der Waals surface area contributed by atoms with E-state index < -0.39 is 29.4 Å². The third-order valence-electron chi connectivity index (χ3n) is 5.78. The molecule has 0 fully saturated rings. The molecular formula is C25H31N3O5. The average Bonchev–Trinajstić information content (AvgIpc) is 3.09. The SMILES string of the molecule is CN(C)CC(NC(=O)C(C)(C)CNC(=O)OCC1c2ccccc2-c2ccccc21)C(=O)O. The van der Waals surface area contributed by atoms with Crippen molar-refractivity contribution in [2.45, 2.75) is 25.8 Å². The highest BCUT2D eigenvalue weighted by molar-refractivity contribution is 5.87. The molecule has 2 aromatic carbocycles. The van der Waals surface area contributed by atoms with Gasteiger partial charge in [0.2, 0.25) is 5.91 Å². The molecule has 2 aromatic rings. The van der Waals surface area contributed by atoms with Crippen LogP contribution in [-0.4, -0.2) is 67.8 Å². The molecule has 8 nitrogen and oxygen atoms in total. The highest BCUT2D eigenvalue weighted by Crippen LogP contribution is 2.44. The van der Waals surface area contributed by atoms with Crippen LogP contribution in [-0.2, 0) is 14.3 Å². The molecule has 0 spiro atoms. The van der Waals surface area contributed by atoms with Crippen LogP contribution in [0.3, 0.4) is 0 Å². The molecule has 0 radical (unpaired) electrons. The summed E-state index contributed by atoms with van der Waals surface area (Å²) in [5.41, 5.74) is 3.50. The van der Waals surface area contributed by atoms with Gasteiger partial charge in [0.25, 0.3) is 0 Å². The Morgan fingerprint density at radius 3 is 2.09 bits per heavy atom. The quantitative estimate of drug-likeness (QED) is 0.539. The maximum Gasteiger partial charge on any atom is 0.407 e. The molecule has 0 saturated carbocycles. The number of nitrogens with one attached hydrogen (secondary N) is 2. The molecule has 1 unspecified atom stereocenters. The van der Waals surface area contributed by atoms with Crippen molar-refractivity contribution in [2.75, 3.05) is 33.8 Å². The number of nitrogens with zero attached hydrogens (tertiary/aromatic N) is 1. The standard InChI is InChI=1S/C25H31N3O5/c1-25(2,23(31)27-21(22(29)30)13-28(3)4)15-26-24(32)33-14-20-18-11-7-5-9-16(18)17-10-6-8-12-19(17)20/h5-12,20-21H,13-15H2,1-4H3,(H,26,32)(H,27,31)(H,29,30). The van der Waals surface area contributed by atoms with Gasteiger partial charge in [-0.15, -0.1) is 0 Å². The van der Waals surface area contributed by atoms with Gasteiger partial charge in [0.1, 0.15) is 12.6 Å². The van der Waals surface area contributed by atoms with Crippen LogP contribution in [0.2, 0.25) is 0 Å². The van der Waals surface area contributed by atoms with E-state index in [1.165, 1.54) is 0 Å². The van der Waals surface area contributed by atoms with Crippen molar-refractivity contribution < 1.29 is 24.2 Å². The monoisotopic (exact) mass is 453 g/mol. The van der Waals surface area contributed by atoms with Crippen molar-refractivity contribution in [2.24, 2.45) is 5.41 Å². The molecule has 8 heteroatoms. The van der Waals surface area contributed by atoms with Crippen LogP contribution in [0, 0.1) is 5.41 Å². The van der Waals surface area contributed by atoms with Crippen molar-refractivity contribution in [3.8, 4) is 11.1 Å². The second kappa shape index (κ2) is 10.0. The van der Waals surface area contributed by atoms with Gasteiger partial charge in [0, 0.05) is 19.0 Å². The topological polar surface area (TPSA) is 108 Å². The first-order chi connectivity index (χ1) is 15.6. The number of hydrogen-bond donors (Lipinski definition) is 3. The predicted molar refractivity (Wildman–Crippen MR) is 125 cm³/mol.